The minimum Gasteiger partial charge on any atom is -0.462 e. The third-order valence-corrected chi connectivity index (χ3v) is 5.31. The molecule has 9 heteroatoms. The Morgan fingerprint density at radius 1 is 1.04 bits per heavy atom. The van der Waals surface area contributed by atoms with Crippen LogP contribution in [0.2, 0.25) is 0 Å². The van der Waals surface area contributed by atoms with Crippen molar-refractivity contribution in [2.24, 2.45) is 5.92 Å². The summed E-state index contributed by atoms with van der Waals surface area (Å²) in [6.45, 7) is 4.79. The second-order valence-corrected chi connectivity index (χ2v) is 7.01. The van der Waals surface area contributed by atoms with Crippen LogP contribution in [-0.2, 0) is 23.8 Å². The van der Waals surface area contributed by atoms with Gasteiger partial charge >= 0.3 is 17.9 Å². The lowest BCUT2D eigenvalue weighted by Gasteiger charge is -2.22. The SMILES string of the molecule is CCOC(=O)c1sc(NC(=O)COC(=O)C2CCC2)c(C(=O)OCC)c1C. The van der Waals surface area contributed by atoms with Crippen molar-refractivity contribution in [2.45, 2.75) is 40.0 Å². The highest BCUT2D eigenvalue weighted by Crippen LogP contribution is 2.34. The minimum atomic E-state index is -0.649. The summed E-state index contributed by atoms with van der Waals surface area (Å²) in [6, 6.07) is 0. The van der Waals surface area contributed by atoms with Crippen LogP contribution < -0.4 is 5.32 Å². The van der Waals surface area contributed by atoms with Crippen LogP contribution in [0.4, 0.5) is 5.00 Å². The number of esters is 3. The normalized spacial score (nSPS) is 13.4. The standard InChI is InChI=1S/C18H23NO7S/c1-4-24-17(22)13-10(3)14(18(23)25-5-2)27-15(13)19-12(20)9-26-16(21)11-7-6-8-11/h11H,4-9H2,1-3H3,(H,19,20). The summed E-state index contributed by atoms with van der Waals surface area (Å²) >= 11 is 0.925. The van der Waals surface area contributed by atoms with Crippen LogP contribution in [0.1, 0.15) is 58.7 Å². The van der Waals surface area contributed by atoms with Crippen molar-refractivity contribution in [1.82, 2.24) is 0 Å². The van der Waals surface area contributed by atoms with E-state index in [1.165, 1.54) is 0 Å². The Morgan fingerprint density at radius 3 is 2.22 bits per heavy atom. The summed E-state index contributed by atoms with van der Waals surface area (Å²) in [5.74, 6) is -2.35. The number of hydrogen-bond acceptors (Lipinski definition) is 8. The fourth-order valence-corrected chi connectivity index (χ4v) is 3.61. The predicted octanol–water partition coefficient (Wildman–Crippen LogP) is 2.69. The number of carbonyl (C=O) groups is 4. The smallest absolute Gasteiger partial charge is 0.348 e. The monoisotopic (exact) mass is 397 g/mol. The van der Waals surface area contributed by atoms with Crippen LogP contribution >= 0.6 is 11.3 Å². The van der Waals surface area contributed by atoms with Gasteiger partial charge in [0.2, 0.25) is 0 Å². The molecule has 1 aliphatic carbocycles. The summed E-state index contributed by atoms with van der Waals surface area (Å²) in [7, 11) is 0. The first-order chi connectivity index (χ1) is 12.9. The average Bonchev–Trinajstić information content (AvgIpc) is 2.88. The van der Waals surface area contributed by atoms with Gasteiger partial charge in [0.15, 0.2) is 6.61 Å². The zero-order valence-electron chi connectivity index (χ0n) is 15.6. The lowest BCUT2D eigenvalue weighted by Crippen LogP contribution is -2.28. The highest BCUT2D eigenvalue weighted by atomic mass is 32.1. The summed E-state index contributed by atoms with van der Waals surface area (Å²) in [5, 5.41) is 2.70. The first kappa shape index (κ1) is 20.9. The molecule has 0 aliphatic heterocycles. The molecular weight excluding hydrogens is 374 g/mol. The first-order valence-corrected chi connectivity index (χ1v) is 9.64. The molecule has 1 heterocycles. The van der Waals surface area contributed by atoms with E-state index in [1.807, 2.05) is 0 Å². The Balaban J connectivity index is 2.13. The van der Waals surface area contributed by atoms with Crippen LogP contribution in [0.5, 0.6) is 0 Å². The van der Waals surface area contributed by atoms with E-state index in [-0.39, 0.29) is 34.6 Å². The molecule has 1 aromatic rings. The van der Waals surface area contributed by atoms with Gasteiger partial charge in [0.1, 0.15) is 9.88 Å². The molecule has 1 amide bonds. The molecule has 0 atom stereocenters. The Morgan fingerprint density at radius 2 is 1.67 bits per heavy atom. The maximum Gasteiger partial charge on any atom is 0.348 e. The van der Waals surface area contributed by atoms with Gasteiger partial charge in [0.25, 0.3) is 5.91 Å². The van der Waals surface area contributed by atoms with E-state index in [0.717, 1.165) is 30.6 Å². The molecule has 1 saturated carbocycles. The number of ether oxygens (including phenoxy) is 3. The molecule has 0 unspecified atom stereocenters. The molecule has 1 aromatic heterocycles. The van der Waals surface area contributed by atoms with Gasteiger partial charge in [-0.3, -0.25) is 9.59 Å². The molecule has 1 N–H and O–H groups in total. The van der Waals surface area contributed by atoms with Crippen molar-refractivity contribution in [3.63, 3.8) is 0 Å². The quantitative estimate of drug-likeness (QED) is 0.531. The van der Waals surface area contributed by atoms with Gasteiger partial charge in [-0.1, -0.05) is 6.42 Å². The van der Waals surface area contributed by atoms with E-state index < -0.39 is 30.4 Å². The molecule has 27 heavy (non-hydrogen) atoms. The first-order valence-electron chi connectivity index (χ1n) is 8.83. The zero-order chi connectivity index (χ0) is 20.0. The lowest BCUT2D eigenvalue weighted by atomic mass is 9.86. The fraction of sp³-hybridized carbons (Fsp3) is 0.556. The van der Waals surface area contributed by atoms with E-state index in [1.54, 1.807) is 20.8 Å². The summed E-state index contributed by atoms with van der Waals surface area (Å²) < 4.78 is 15.0. The van der Waals surface area contributed by atoms with E-state index in [0.29, 0.717) is 5.56 Å². The largest absolute Gasteiger partial charge is 0.462 e. The van der Waals surface area contributed by atoms with Crippen molar-refractivity contribution in [1.29, 1.82) is 0 Å². The second-order valence-electron chi connectivity index (χ2n) is 5.98. The number of amides is 1. The Kier molecular flexibility index (Phi) is 7.35. The maximum atomic E-state index is 12.3. The van der Waals surface area contributed by atoms with E-state index >= 15 is 0 Å². The number of nitrogens with one attached hydrogen (secondary N) is 1. The Labute approximate surface area is 161 Å². The number of anilines is 1. The van der Waals surface area contributed by atoms with Gasteiger partial charge in [-0.15, -0.1) is 11.3 Å². The average molecular weight is 397 g/mol. The van der Waals surface area contributed by atoms with Gasteiger partial charge in [0, 0.05) is 0 Å². The molecular formula is C18H23NO7S. The topological polar surface area (TPSA) is 108 Å². The van der Waals surface area contributed by atoms with Crippen LogP contribution in [0.3, 0.4) is 0 Å². The van der Waals surface area contributed by atoms with Crippen LogP contribution in [0.25, 0.3) is 0 Å². The number of thiophene rings is 1. The summed E-state index contributed by atoms with van der Waals surface area (Å²) in [6.07, 6.45) is 2.54. The third-order valence-electron chi connectivity index (χ3n) is 4.12. The van der Waals surface area contributed by atoms with Crippen molar-refractivity contribution in [2.75, 3.05) is 25.1 Å². The highest BCUT2D eigenvalue weighted by Gasteiger charge is 2.29. The molecule has 148 valence electrons. The van der Waals surface area contributed by atoms with Crippen molar-refractivity contribution in [3.8, 4) is 0 Å². The van der Waals surface area contributed by atoms with Gasteiger partial charge in [0.05, 0.1) is 24.7 Å². The predicted molar refractivity (Wildman–Crippen MR) is 97.9 cm³/mol. The maximum absolute atomic E-state index is 12.3. The van der Waals surface area contributed by atoms with Crippen LogP contribution in [0, 0.1) is 12.8 Å². The molecule has 0 saturated heterocycles. The van der Waals surface area contributed by atoms with Gasteiger partial charge in [-0.25, -0.2) is 9.59 Å². The summed E-state index contributed by atoms with van der Waals surface area (Å²) in [4.78, 5) is 48.4. The molecule has 0 bridgehead atoms. The summed E-state index contributed by atoms with van der Waals surface area (Å²) in [5.41, 5.74) is 0.474. The Hall–Kier alpha value is -2.42. The highest BCUT2D eigenvalue weighted by molar-refractivity contribution is 7.18. The van der Waals surface area contributed by atoms with Crippen molar-refractivity contribution < 1.29 is 33.4 Å². The van der Waals surface area contributed by atoms with E-state index in [2.05, 4.69) is 5.32 Å². The second kappa shape index (κ2) is 9.50. The Bertz CT molecular complexity index is 736. The molecule has 8 nitrogen and oxygen atoms in total. The molecule has 0 spiro atoms. The van der Waals surface area contributed by atoms with Gasteiger partial charge < -0.3 is 19.5 Å². The third kappa shape index (κ3) is 5.06. The van der Waals surface area contributed by atoms with Gasteiger partial charge in [-0.2, -0.15) is 0 Å². The molecule has 1 fully saturated rings. The van der Waals surface area contributed by atoms with E-state index in [9.17, 15) is 19.2 Å². The fourth-order valence-electron chi connectivity index (χ4n) is 2.50. The van der Waals surface area contributed by atoms with Gasteiger partial charge in [-0.05, 0) is 39.2 Å². The minimum absolute atomic E-state index is 0.101. The van der Waals surface area contributed by atoms with Crippen molar-refractivity contribution >= 4 is 40.2 Å². The molecule has 0 aromatic carbocycles. The number of carbonyl (C=O) groups excluding carboxylic acids is 4. The van der Waals surface area contributed by atoms with Crippen LogP contribution in [0.15, 0.2) is 0 Å². The van der Waals surface area contributed by atoms with Crippen LogP contribution in [-0.4, -0.2) is 43.6 Å². The molecule has 2 rings (SSSR count). The number of hydrogen-bond donors (Lipinski definition) is 1. The van der Waals surface area contributed by atoms with Crippen molar-refractivity contribution in [3.05, 3.63) is 16.0 Å². The number of rotatable bonds is 8. The molecule has 0 radical (unpaired) electrons. The van der Waals surface area contributed by atoms with E-state index in [4.69, 9.17) is 14.2 Å². The lowest BCUT2D eigenvalue weighted by molar-refractivity contribution is -0.154. The molecule has 1 aliphatic rings. The zero-order valence-corrected chi connectivity index (χ0v) is 16.4.